The van der Waals surface area contributed by atoms with Crippen molar-refractivity contribution < 1.29 is 18.0 Å². The Morgan fingerprint density at radius 2 is 1.96 bits per heavy atom. The minimum atomic E-state index is -4.37. The monoisotopic (exact) mass is 396 g/mol. The Balaban J connectivity index is 1.43. The molecule has 0 spiro atoms. The van der Waals surface area contributed by atoms with Crippen molar-refractivity contribution >= 4 is 27.3 Å². The maximum atomic E-state index is 12.9. The van der Waals surface area contributed by atoms with Crippen LogP contribution < -0.4 is 5.32 Å². The van der Waals surface area contributed by atoms with Gasteiger partial charge in [-0.25, -0.2) is 0 Å². The maximum absolute atomic E-state index is 12.9. The Bertz CT molecular complexity index is 830. The molecule has 1 aromatic carbocycles. The topological polar surface area (TPSA) is 32.3 Å². The molecule has 3 nitrogen and oxygen atoms in total. The van der Waals surface area contributed by atoms with E-state index in [0.717, 1.165) is 31.6 Å². The number of benzene rings is 1. The van der Waals surface area contributed by atoms with Crippen LogP contribution in [0.5, 0.6) is 0 Å². The number of alkyl halides is 3. The first kappa shape index (κ1) is 18.7. The lowest BCUT2D eigenvalue weighted by molar-refractivity contribution is -0.137. The van der Waals surface area contributed by atoms with Gasteiger partial charge in [0.25, 0.3) is 5.91 Å². The molecular formula is C20H23F3N2OS. The van der Waals surface area contributed by atoms with Gasteiger partial charge in [0.05, 0.1) is 10.4 Å². The predicted octanol–water partition coefficient (Wildman–Crippen LogP) is 4.91. The van der Waals surface area contributed by atoms with E-state index in [2.05, 4.69) is 10.2 Å². The zero-order valence-electron chi connectivity index (χ0n) is 15.0. The number of nitrogens with one attached hydrogen (secondary N) is 1. The van der Waals surface area contributed by atoms with Crippen LogP contribution in [0.4, 0.5) is 13.2 Å². The summed E-state index contributed by atoms with van der Waals surface area (Å²) in [5.74, 6) is 0.284. The molecule has 2 aliphatic rings. The maximum Gasteiger partial charge on any atom is 0.416 e. The Morgan fingerprint density at radius 1 is 1.15 bits per heavy atom. The highest BCUT2D eigenvalue weighted by molar-refractivity contribution is 7.20. The van der Waals surface area contributed by atoms with Crippen molar-refractivity contribution in [1.29, 1.82) is 0 Å². The third kappa shape index (κ3) is 3.99. The van der Waals surface area contributed by atoms with E-state index in [1.165, 1.54) is 43.1 Å². The van der Waals surface area contributed by atoms with Crippen LogP contribution in [0, 0.1) is 5.92 Å². The molecule has 3 heterocycles. The normalized spacial score (nSPS) is 24.0. The molecule has 0 radical (unpaired) electrons. The number of thiophene rings is 1. The van der Waals surface area contributed by atoms with E-state index >= 15 is 0 Å². The minimum absolute atomic E-state index is 0.183. The smallest absolute Gasteiger partial charge is 0.351 e. The van der Waals surface area contributed by atoms with Crippen molar-refractivity contribution in [2.24, 2.45) is 5.92 Å². The fourth-order valence-electron chi connectivity index (χ4n) is 4.46. The number of piperidine rings is 2. The van der Waals surface area contributed by atoms with Crippen LogP contribution in [-0.2, 0) is 6.18 Å². The van der Waals surface area contributed by atoms with E-state index < -0.39 is 11.7 Å². The summed E-state index contributed by atoms with van der Waals surface area (Å²) in [5, 5.41) is 3.50. The van der Waals surface area contributed by atoms with Crippen LogP contribution in [0.3, 0.4) is 0 Å². The zero-order valence-corrected chi connectivity index (χ0v) is 15.8. The van der Waals surface area contributed by atoms with Crippen molar-refractivity contribution in [3.8, 4) is 0 Å². The van der Waals surface area contributed by atoms with Crippen molar-refractivity contribution in [3.05, 3.63) is 34.7 Å². The number of nitrogens with zero attached hydrogens (tertiary/aromatic N) is 1. The Morgan fingerprint density at radius 3 is 2.78 bits per heavy atom. The van der Waals surface area contributed by atoms with E-state index in [0.29, 0.717) is 33.5 Å². The minimum Gasteiger partial charge on any atom is -0.351 e. The second kappa shape index (κ2) is 7.43. The Kier molecular flexibility index (Phi) is 5.16. The summed E-state index contributed by atoms with van der Waals surface area (Å²) in [6, 6.07) is 5.76. The molecule has 0 bridgehead atoms. The number of hydrogen-bond acceptors (Lipinski definition) is 3. The van der Waals surface area contributed by atoms with Gasteiger partial charge in [0.1, 0.15) is 0 Å². The van der Waals surface area contributed by atoms with Crippen LogP contribution in [-0.4, -0.2) is 36.5 Å². The number of hydrogen-bond donors (Lipinski definition) is 1. The molecule has 2 fully saturated rings. The quantitative estimate of drug-likeness (QED) is 0.799. The number of carbonyl (C=O) groups excluding carboxylic acids is 1. The van der Waals surface area contributed by atoms with E-state index in [4.69, 9.17) is 0 Å². The van der Waals surface area contributed by atoms with Gasteiger partial charge in [-0.3, -0.25) is 4.79 Å². The van der Waals surface area contributed by atoms with E-state index in [-0.39, 0.29) is 5.91 Å². The van der Waals surface area contributed by atoms with Crippen LogP contribution in [0.25, 0.3) is 10.1 Å². The van der Waals surface area contributed by atoms with E-state index in [1.54, 1.807) is 6.07 Å². The highest BCUT2D eigenvalue weighted by atomic mass is 32.1. The van der Waals surface area contributed by atoms with Crippen LogP contribution in [0.15, 0.2) is 24.3 Å². The molecule has 0 unspecified atom stereocenters. The third-order valence-electron chi connectivity index (χ3n) is 5.82. The third-order valence-corrected chi connectivity index (χ3v) is 6.94. The molecule has 146 valence electrons. The molecule has 1 N–H and O–H groups in total. The van der Waals surface area contributed by atoms with Gasteiger partial charge in [-0.15, -0.1) is 11.3 Å². The molecule has 4 rings (SSSR count). The number of fused-ring (bicyclic) bond motifs is 2. The van der Waals surface area contributed by atoms with Gasteiger partial charge >= 0.3 is 6.18 Å². The van der Waals surface area contributed by atoms with Crippen molar-refractivity contribution in [3.63, 3.8) is 0 Å². The molecule has 7 heteroatoms. The lowest BCUT2D eigenvalue weighted by atomic mass is 9.83. The van der Waals surface area contributed by atoms with E-state index in [1.807, 2.05) is 0 Å². The summed E-state index contributed by atoms with van der Waals surface area (Å²) in [4.78, 5) is 15.6. The number of halogens is 3. The average Bonchev–Trinajstić information content (AvgIpc) is 3.09. The fraction of sp³-hybridized carbons (Fsp3) is 0.550. The summed E-state index contributed by atoms with van der Waals surface area (Å²) in [6.45, 7) is 2.96. The lowest BCUT2D eigenvalue weighted by Gasteiger charge is -2.44. The molecule has 0 aliphatic carbocycles. The highest BCUT2D eigenvalue weighted by Gasteiger charge is 2.33. The summed E-state index contributed by atoms with van der Waals surface area (Å²) < 4.78 is 39.3. The number of amides is 1. The summed E-state index contributed by atoms with van der Waals surface area (Å²) in [6.07, 6.45) is 1.64. The standard InChI is InChI=1S/C20H23F3N2OS/c21-20(22,23)15-6-7-17-14(10-15)11-18(27-17)19(26)24-12-13-4-3-9-25-8-2-1-5-16(13)25/h6-7,10-11,13,16H,1-5,8-9,12H2,(H,24,26)/t13-,16+/m1/s1. The Hall–Kier alpha value is -1.60. The van der Waals surface area contributed by atoms with Gasteiger partial charge in [-0.1, -0.05) is 6.42 Å². The van der Waals surface area contributed by atoms with Crippen molar-refractivity contribution in [2.75, 3.05) is 19.6 Å². The summed E-state index contributed by atoms with van der Waals surface area (Å²) in [7, 11) is 0. The molecule has 1 aromatic heterocycles. The molecule has 2 saturated heterocycles. The van der Waals surface area contributed by atoms with Gasteiger partial charge in [0.2, 0.25) is 0 Å². The highest BCUT2D eigenvalue weighted by Crippen LogP contribution is 2.34. The first-order chi connectivity index (χ1) is 12.9. The average molecular weight is 396 g/mol. The zero-order chi connectivity index (χ0) is 19.0. The molecule has 1 amide bonds. The first-order valence-electron chi connectivity index (χ1n) is 9.55. The van der Waals surface area contributed by atoms with Gasteiger partial charge < -0.3 is 10.2 Å². The number of rotatable bonds is 3. The van der Waals surface area contributed by atoms with Crippen molar-refractivity contribution in [1.82, 2.24) is 10.2 Å². The van der Waals surface area contributed by atoms with Crippen molar-refractivity contribution in [2.45, 2.75) is 44.3 Å². The van der Waals surface area contributed by atoms with Crippen LogP contribution in [0.2, 0.25) is 0 Å². The molecule has 2 aromatic rings. The van der Waals surface area contributed by atoms with Crippen LogP contribution >= 0.6 is 11.3 Å². The number of carbonyl (C=O) groups is 1. The molecule has 0 saturated carbocycles. The van der Waals surface area contributed by atoms with Gasteiger partial charge in [0, 0.05) is 17.3 Å². The summed E-state index contributed by atoms with van der Waals surface area (Å²) >= 11 is 1.24. The Labute approximate surface area is 160 Å². The van der Waals surface area contributed by atoms with Gasteiger partial charge in [-0.2, -0.15) is 13.2 Å². The molecule has 27 heavy (non-hydrogen) atoms. The van der Waals surface area contributed by atoms with Gasteiger partial charge in [0.15, 0.2) is 0 Å². The SMILES string of the molecule is O=C(NC[C@H]1CCCN2CCCC[C@@H]12)c1cc2cc(C(F)(F)F)ccc2s1. The molecule has 2 atom stereocenters. The first-order valence-corrected chi connectivity index (χ1v) is 10.4. The van der Waals surface area contributed by atoms with Gasteiger partial charge in [-0.05, 0) is 74.3 Å². The second-order valence-electron chi connectivity index (χ2n) is 7.57. The summed E-state index contributed by atoms with van der Waals surface area (Å²) in [5.41, 5.74) is -0.681. The predicted molar refractivity (Wildman–Crippen MR) is 101 cm³/mol. The van der Waals surface area contributed by atoms with Crippen LogP contribution in [0.1, 0.15) is 47.3 Å². The molecule has 2 aliphatic heterocycles. The fourth-order valence-corrected chi connectivity index (χ4v) is 5.42. The molecular weight excluding hydrogens is 373 g/mol. The van der Waals surface area contributed by atoms with E-state index in [9.17, 15) is 18.0 Å². The lowest BCUT2D eigenvalue weighted by Crippen LogP contribution is -2.50. The largest absolute Gasteiger partial charge is 0.416 e. The second-order valence-corrected chi connectivity index (χ2v) is 8.66.